The van der Waals surface area contributed by atoms with Crippen LogP contribution in [0.25, 0.3) is 0 Å². The summed E-state index contributed by atoms with van der Waals surface area (Å²) in [5, 5.41) is 3.58. The van der Waals surface area contributed by atoms with Gasteiger partial charge in [0.1, 0.15) is 0 Å². The molecule has 0 amide bonds. The van der Waals surface area contributed by atoms with Crippen molar-refractivity contribution in [3.63, 3.8) is 0 Å². The smallest absolute Gasteiger partial charge is 0.0447 e. The van der Waals surface area contributed by atoms with Crippen molar-refractivity contribution >= 4 is 0 Å². The van der Waals surface area contributed by atoms with Crippen LogP contribution in [0.3, 0.4) is 0 Å². The zero-order valence-corrected chi connectivity index (χ0v) is 8.74. The number of nitrogens with zero attached hydrogens (tertiary/aromatic N) is 1. The monoisotopic (exact) mass is 190 g/mol. The van der Waals surface area contributed by atoms with Gasteiger partial charge in [0, 0.05) is 23.9 Å². The molecule has 0 bridgehead atoms. The molecular formula is C12H18N2. The van der Waals surface area contributed by atoms with E-state index < -0.39 is 0 Å². The van der Waals surface area contributed by atoms with Crippen molar-refractivity contribution in [2.75, 3.05) is 6.54 Å². The molecule has 1 aliphatic rings. The van der Waals surface area contributed by atoms with E-state index in [2.05, 4.69) is 29.4 Å². The average molecular weight is 190 g/mol. The summed E-state index contributed by atoms with van der Waals surface area (Å²) in [4.78, 5) is 4.41. The summed E-state index contributed by atoms with van der Waals surface area (Å²) in [6.45, 7) is 3.44. The second kappa shape index (κ2) is 4.56. The lowest BCUT2D eigenvalue weighted by molar-refractivity contribution is 0.358. The van der Waals surface area contributed by atoms with E-state index in [4.69, 9.17) is 0 Å². The van der Waals surface area contributed by atoms with Crippen molar-refractivity contribution in [2.24, 2.45) is 0 Å². The highest BCUT2D eigenvalue weighted by molar-refractivity contribution is 5.11. The standard InChI is InChI=1S/C12H18N2/c1-10(11-6-2-4-8-13-11)12-7-3-5-9-14-12/h2,4,6,8,10,12,14H,3,5,7,9H2,1H3/t10-,12?/m0/s1. The molecule has 1 N–H and O–H groups in total. The van der Waals surface area contributed by atoms with Gasteiger partial charge in [-0.3, -0.25) is 4.98 Å². The fourth-order valence-corrected chi connectivity index (χ4v) is 2.16. The molecule has 1 aromatic heterocycles. The third-order valence-electron chi connectivity index (χ3n) is 3.11. The van der Waals surface area contributed by atoms with Gasteiger partial charge in [0.25, 0.3) is 0 Å². The molecule has 0 spiro atoms. The van der Waals surface area contributed by atoms with Gasteiger partial charge in [0.2, 0.25) is 0 Å². The Labute approximate surface area is 85.7 Å². The second-order valence-electron chi connectivity index (χ2n) is 4.10. The Morgan fingerprint density at radius 1 is 1.43 bits per heavy atom. The van der Waals surface area contributed by atoms with E-state index >= 15 is 0 Å². The van der Waals surface area contributed by atoms with Crippen molar-refractivity contribution in [1.29, 1.82) is 0 Å². The molecule has 2 rings (SSSR count). The first-order valence-electron chi connectivity index (χ1n) is 5.52. The minimum atomic E-state index is 0.538. The lowest BCUT2D eigenvalue weighted by Crippen LogP contribution is -2.38. The zero-order valence-electron chi connectivity index (χ0n) is 8.74. The van der Waals surface area contributed by atoms with Crippen LogP contribution < -0.4 is 5.32 Å². The predicted molar refractivity (Wildman–Crippen MR) is 58.3 cm³/mol. The molecule has 2 atom stereocenters. The summed E-state index contributed by atoms with van der Waals surface area (Å²) in [7, 11) is 0. The molecule has 2 heteroatoms. The SMILES string of the molecule is C[C@@H](c1ccccn1)C1CCCCN1. The molecule has 1 saturated heterocycles. The molecule has 1 aliphatic heterocycles. The summed E-state index contributed by atoms with van der Waals surface area (Å²) < 4.78 is 0. The van der Waals surface area contributed by atoms with Crippen LogP contribution in [-0.2, 0) is 0 Å². The maximum absolute atomic E-state index is 4.41. The van der Waals surface area contributed by atoms with Gasteiger partial charge in [-0.1, -0.05) is 19.4 Å². The van der Waals surface area contributed by atoms with Crippen LogP contribution in [-0.4, -0.2) is 17.6 Å². The molecule has 14 heavy (non-hydrogen) atoms. The van der Waals surface area contributed by atoms with Gasteiger partial charge in [-0.25, -0.2) is 0 Å². The van der Waals surface area contributed by atoms with Gasteiger partial charge in [0.15, 0.2) is 0 Å². The Kier molecular flexibility index (Phi) is 3.14. The first-order chi connectivity index (χ1) is 6.88. The Morgan fingerprint density at radius 2 is 2.36 bits per heavy atom. The fraction of sp³-hybridized carbons (Fsp3) is 0.583. The molecule has 0 aromatic carbocycles. The van der Waals surface area contributed by atoms with Crippen LogP contribution in [0.1, 0.15) is 37.8 Å². The third kappa shape index (κ3) is 2.13. The molecule has 1 aromatic rings. The van der Waals surface area contributed by atoms with Crippen molar-refractivity contribution in [3.05, 3.63) is 30.1 Å². The number of rotatable bonds is 2. The number of hydrogen-bond acceptors (Lipinski definition) is 2. The van der Waals surface area contributed by atoms with Gasteiger partial charge in [-0.2, -0.15) is 0 Å². The first kappa shape index (κ1) is 9.66. The van der Waals surface area contributed by atoms with Crippen LogP contribution >= 0.6 is 0 Å². The molecule has 76 valence electrons. The van der Waals surface area contributed by atoms with Gasteiger partial charge in [-0.05, 0) is 31.5 Å². The second-order valence-corrected chi connectivity index (χ2v) is 4.10. The summed E-state index contributed by atoms with van der Waals surface area (Å²) in [5.74, 6) is 0.538. The quantitative estimate of drug-likeness (QED) is 0.774. The molecule has 0 aliphatic carbocycles. The van der Waals surface area contributed by atoms with Crippen molar-refractivity contribution in [3.8, 4) is 0 Å². The minimum Gasteiger partial charge on any atom is -0.313 e. The molecule has 1 fully saturated rings. The lowest BCUT2D eigenvalue weighted by atomic mass is 9.91. The maximum Gasteiger partial charge on any atom is 0.0447 e. The minimum absolute atomic E-state index is 0.538. The van der Waals surface area contributed by atoms with Gasteiger partial charge >= 0.3 is 0 Å². The summed E-state index contributed by atoms with van der Waals surface area (Å²) in [5.41, 5.74) is 1.21. The largest absolute Gasteiger partial charge is 0.313 e. The summed E-state index contributed by atoms with van der Waals surface area (Å²) in [6.07, 6.45) is 5.85. The molecule has 2 nitrogen and oxygen atoms in total. The van der Waals surface area contributed by atoms with Gasteiger partial charge in [-0.15, -0.1) is 0 Å². The van der Waals surface area contributed by atoms with Crippen LogP contribution in [0.4, 0.5) is 0 Å². The average Bonchev–Trinajstić information content (AvgIpc) is 2.30. The Morgan fingerprint density at radius 3 is 3.00 bits per heavy atom. The summed E-state index contributed by atoms with van der Waals surface area (Å²) in [6, 6.07) is 6.80. The van der Waals surface area contributed by atoms with Crippen molar-refractivity contribution < 1.29 is 0 Å². The van der Waals surface area contributed by atoms with Crippen LogP contribution in [0, 0.1) is 0 Å². The molecule has 0 radical (unpaired) electrons. The van der Waals surface area contributed by atoms with E-state index in [0.29, 0.717) is 12.0 Å². The fourth-order valence-electron chi connectivity index (χ4n) is 2.16. The maximum atomic E-state index is 4.41. The number of nitrogens with one attached hydrogen (secondary N) is 1. The molecule has 0 saturated carbocycles. The number of piperidine rings is 1. The molecule has 1 unspecified atom stereocenters. The van der Waals surface area contributed by atoms with Gasteiger partial charge in [0.05, 0.1) is 0 Å². The predicted octanol–water partition coefficient (Wildman–Crippen LogP) is 2.33. The topological polar surface area (TPSA) is 24.9 Å². The summed E-state index contributed by atoms with van der Waals surface area (Å²) >= 11 is 0. The van der Waals surface area contributed by atoms with E-state index in [0.717, 1.165) is 0 Å². The Bertz CT molecular complexity index is 265. The highest BCUT2D eigenvalue weighted by atomic mass is 14.9. The normalized spacial score (nSPS) is 24.5. The van der Waals surface area contributed by atoms with Crippen LogP contribution in [0.5, 0.6) is 0 Å². The number of hydrogen-bond donors (Lipinski definition) is 1. The van der Waals surface area contributed by atoms with E-state index in [-0.39, 0.29) is 0 Å². The van der Waals surface area contributed by atoms with E-state index in [1.807, 2.05) is 12.3 Å². The van der Waals surface area contributed by atoms with Gasteiger partial charge < -0.3 is 5.32 Å². The lowest BCUT2D eigenvalue weighted by Gasteiger charge is -2.28. The number of pyridine rings is 1. The Balaban J connectivity index is 2.03. The van der Waals surface area contributed by atoms with Crippen LogP contribution in [0.15, 0.2) is 24.4 Å². The number of aromatic nitrogens is 1. The highest BCUT2D eigenvalue weighted by Gasteiger charge is 2.21. The van der Waals surface area contributed by atoms with E-state index in [1.165, 1.54) is 31.5 Å². The Hall–Kier alpha value is -0.890. The highest BCUT2D eigenvalue weighted by Crippen LogP contribution is 2.22. The third-order valence-corrected chi connectivity index (χ3v) is 3.11. The molecular weight excluding hydrogens is 172 g/mol. The van der Waals surface area contributed by atoms with Crippen LogP contribution in [0.2, 0.25) is 0 Å². The van der Waals surface area contributed by atoms with E-state index in [1.54, 1.807) is 0 Å². The van der Waals surface area contributed by atoms with E-state index in [9.17, 15) is 0 Å². The molecule has 2 heterocycles. The zero-order chi connectivity index (χ0) is 9.80. The van der Waals surface area contributed by atoms with Crippen molar-refractivity contribution in [1.82, 2.24) is 10.3 Å². The first-order valence-corrected chi connectivity index (χ1v) is 5.52. The van der Waals surface area contributed by atoms with Crippen molar-refractivity contribution in [2.45, 2.75) is 38.1 Å².